The number of ether oxygens (including phenoxy) is 1. The molecule has 1 aromatic rings. The van der Waals surface area contributed by atoms with Gasteiger partial charge in [0.15, 0.2) is 0 Å². The van der Waals surface area contributed by atoms with Crippen molar-refractivity contribution in [1.29, 1.82) is 0 Å². The zero-order valence-electron chi connectivity index (χ0n) is 7.88. The summed E-state index contributed by atoms with van der Waals surface area (Å²) < 4.78 is 6.43. The van der Waals surface area contributed by atoms with Crippen LogP contribution in [0.1, 0.15) is 24.9 Å². The molecule has 0 radical (unpaired) electrons. The van der Waals surface area contributed by atoms with Crippen molar-refractivity contribution in [2.45, 2.75) is 19.4 Å². The molecule has 1 atom stereocenters. The van der Waals surface area contributed by atoms with Crippen LogP contribution in [0.2, 0.25) is 0 Å². The second-order valence-electron chi connectivity index (χ2n) is 2.90. The van der Waals surface area contributed by atoms with Gasteiger partial charge in [0.05, 0.1) is 7.11 Å². The van der Waals surface area contributed by atoms with Crippen LogP contribution >= 0.6 is 22.6 Å². The minimum Gasteiger partial charge on any atom is -0.496 e. The summed E-state index contributed by atoms with van der Waals surface area (Å²) in [5, 5.41) is 0. The summed E-state index contributed by atoms with van der Waals surface area (Å²) in [6, 6.07) is 6.13. The maximum Gasteiger partial charge on any atom is 0.123 e. The van der Waals surface area contributed by atoms with E-state index in [2.05, 4.69) is 35.6 Å². The van der Waals surface area contributed by atoms with Gasteiger partial charge in [-0.15, -0.1) is 0 Å². The number of benzene rings is 1. The van der Waals surface area contributed by atoms with Crippen molar-refractivity contribution in [3.63, 3.8) is 0 Å². The predicted molar refractivity (Wildman–Crippen MR) is 62.9 cm³/mol. The lowest BCUT2D eigenvalue weighted by Crippen LogP contribution is -2.10. The van der Waals surface area contributed by atoms with Gasteiger partial charge in [-0.2, -0.15) is 0 Å². The summed E-state index contributed by atoms with van der Waals surface area (Å²) in [7, 11) is 1.67. The van der Waals surface area contributed by atoms with Crippen molar-refractivity contribution in [3.05, 3.63) is 27.3 Å². The number of hydrogen-bond donors (Lipinski definition) is 1. The van der Waals surface area contributed by atoms with E-state index in [9.17, 15) is 0 Å². The Morgan fingerprint density at radius 1 is 1.54 bits per heavy atom. The molecule has 0 saturated carbocycles. The number of nitrogens with two attached hydrogens (primary N) is 1. The molecule has 0 aliphatic heterocycles. The lowest BCUT2D eigenvalue weighted by atomic mass is 10.0. The monoisotopic (exact) mass is 291 g/mol. The molecule has 0 fully saturated rings. The van der Waals surface area contributed by atoms with Crippen LogP contribution in [0, 0.1) is 3.57 Å². The van der Waals surface area contributed by atoms with E-state index in [1.54, 1.807) is 7.11 Å². The molecule has 0 aliphatic carbocycles. The largest absolute Gasteiger partial charge is 0.496 e. The maximum atomic E-state index is 5.96. The van der Waals surface area contributed by atoms with Gasteiger partial charge in [-0.1, -0.05) is 6.92 Å². The molecule has 0 heterocycles. The highest BCUT2D eigenvalue weighted by atomic mass is 127. The highest BCUT2D eigenvalue weighted by Crippen LogP contribution is 2.27. The van der Waals surface area contributed by atoms with E-state index >= 15 is 0 Å². The van der Waals surface area contributed by atoms with Gasteiger partial charge >= 0.3 is 0 Å². The highest BCUT2D eigenvalue weighted by Gasteiger charge is 2.09. The summed E-state index contributed by atoms with van der Waals surface area (Å²) in [5.41, 5.74) is 7.05. The Balaban J connectivity index is 3.07. The van der Waals surface area contributed by atoms with Crippen LogP contribution in [-0.4, -0.2) is 7.11 Å². The topological polar surface area (TPSA) is 35.2 Å². The van der Waals surface area contributed by atoms with E-state index in [0.717, 1.165) is 17.7 Å². The first-order valence-corrected chi connectivity index (χ1v) is 5.36. The summed E-state index contributed by atoms with van der Waals surface area (Å²) in [6.07, 6.45) is 0.927. The molecule has 72 valence electrons. The predicted octanol–water partition coefficient (Wildman–Crippen LogP) is 2.71. The third-order valence-corrected chi connectivity index (χ3v) is 2.70. The van der Waals surface area contributed by atoms with Crippen molar-refractivity contribution >= 4 is 22.6 Å². The van der Waals surface area contributed by atoms with E-state index in [4.69, 9.17) is 10.5 Å². The van der Waals surface area contributed by atoms with Gasteiger partial charge in [0.25, 0.3) is 0 Å². The number of halogens is 1. The molecular formula is C10H14INO. The molecule has 3 heteroatoms. The fraction of sp³-hybridized carbons (Fsp3) is 0.400. The van der Waals surface area contributed by atoms with Crippen LogP contribution in [0.25, 0.3) is 0 Å². The lowest BCUT2D eigenvalue weighted by molar-refractivity contribution is 0.405. The van der Waals surface area contributed by atoms with Gasteiger partial charge in [-0.25, -0.2) is 0 Å². The van der Waals surface area contributed by atoms with Gasteiger partial charge in [0, 0.05) is 15.2 Å². The Morgan fingerprint density at radius 3 is 2.77 bits per heavy atom. The minimum absolute atomic E-state index is 0.0738. The number of rotatable bonds is 3. The molecule has 0 saturated heterocycles. The molecule has 2 N–H and O–H groups in total. The van der Waals surface area contributed by atoms with Gasteiger partial charge in [0.1, 0.15) is 5.75 Å². The molecule has 0 amide bonds. The van der Waals surface area contributed by atoms with Crippen molar-refractivity contribution < 1.29 is 4.74 Å². The van der Waals surface area contributed by atoms with E-state index in [1.165, 1.54) is 3.57 Å². The molecule has 0 spiro atoms. The van der Waals surface area contributed by atoms with Gasteiger partial charge < -0.3 is 10.5 Å². The smallest absolute Gasteiger partial charge is 0.123 e. The van der Waals surface area contributed by atoms with Crippen LogP contribution < -0.4 is 10.5 Å². The fourth-order valence-electron chi connectivity index (χ4n) is 1.21. The van der Waals surface area contributed by atoms with Crippen molar-refractivity contribution in [2.24, 2.45) is 5.73 Å². The Labute approximate surface area is 92.6 Å². The van der Waals surface area contributed by atoms with E-state index in [-0.39, 0.29) is 6.04 Å². The third-order valence-electron chi connectivity index (χ3n) is 2.03. The molecule has 1 unspecified atom stereocenters. The average molecular weight is 291 g/mol. The summed E-state index contributed by atoms with van der Waals surface area (Å²) in [6.45, 7) is 2.07. The standard InChI is InChI=1S/C10H14INO/c1-3-9(12)8-6-7(11)4-5-10(8)13-2/h4-6,9H,3,12H2,1-2H3. The van der Waals surface area contributed by atoms with Crippen molar-refractivity contribution in [1.82, 2.24) is 0 Å². The van der Waals surface area contributed by atoms with Gasteiger partial charge in [-0.05, 0) is 47.2 Å². The zero-order chi connectivity index (χ0) is 9.84. The Hall–Kier alpha value is -0.290. The normalized spacial score (nSPS) is 12.6. The first kappa shape index (κ1) is 10.8. The second-order valence-corrected chi connectivity index (χ2v) is 4.15. The van der Waals surface area contributed by atoms with Crippen LogP contribution in [0.15, 0.2) is 18.2 Å². The van der Waals surface area contributed by atoms with Crippen LogP contribution in [-0.2, 0) is 0 Å². The van der Waals surface area contributed by atoms with E-state index in [1.807, 2.05) is 12.1 Å². The van der Waals surface area contributed by atoms with Crippen LogP contribution in [0.3, 0.4) is 0 Å². The Kier molecular flexibility index (Phi) is 3.99. The van der Waals surface area contributed by atoms with Crippen molar-refractivity contribution in [3.8, 4) is 5.75 Å². The summed E-state index contributed by atoms with van der Waals surface area (Å²) >= 11 is 2.28. The maximum absolute atomic E-state index is 5.96. The third kappa shape index (κ3) is 2.57. The second kappa shape index (κ2) is 4.81. The minimum atomic E-state index is 0.0738. The van der Waals surface area contributed by atoms with E-state index in [0.29, 0.717) is 0 Å². The summed E-state index contributed by atoms with van der Waals surface area (Å²) in [4.78, 5) is 0. The molecule has 0 bridgehead atoms. The fourth-order valence-corrected chi connectivity index (χ4v) is 1.73. The van der Waals surface area contributed by atoms with Gasteiger partial charge in [-0.3, -0.25) is 0 Å². The molecule has 13 heavy (non-hydrogen) atoms. The van der Waals surface area contributed by atoms with Crippen LogP contribution in [0.4, 0.5) is 0 Å². The number of hydrogen-bond acceptors (Lipinski definition) is 2. The highest BCUT2D eigenvalue weighted by molar-refractivity contribution is 14.1. The van der Waals surface area contributed by atoms with Gasteiger partial charge in [0.2, 0.25) is 0 Å². The molecule has 0 aromatic heterocycles. The molecule has 0 aliphatic rings. The SMILES string of the molecule is CCC(N)c1cc(I)ccc1OC. The van der Waals surface area contributed by atoms with Crippen LogP contribution in [0.5, 0.6) is 5.75 Å². The first-order chi connectivity index (χ1) is 6.19. The average Bonchev–Trinajstić information content (AvgIpc) is 2.16. The molecular weight excluding hydrogens is 277 g/mol. The quantitative estimate of drug-likeness (QED) is 0.869. The number of methoxy groups -OCH3 is 1. The Bertz CT molecular complexity index is 288. The molecule has 1 aromatic carbocycles. The molecule has 2 nitrogen and oxygen atoms in total. The Morgan fingerprint density at radius 2 is 2.23 bits per heavy atom. The van der Waals surface area contributed by atoms with Crippen molar-refractivity contribution in [2.75, 3.05) is 7.11 Å². The first-order valence-electron chi connectivity index (χ1n) is 4.28. The summed E-state index contributed by atoms with van der Waals surface area (Å²) in [5.74, 6) is 0.884. The zero-order valence-corrected chi connectivity index (χ0v) is 10.0. The molecule has 1 rings (SSSR count). The lowest BCUT2D eigenvalue weighted by Gasteiger charge is -2.14. The van der Waals surface area contributed by atoms with E-state index < -0.39 is 0 Å².